The standard InChI is InChI=1S/C16H17N3O/c1-11-4-3-9-19-15(17)14(18-16(11)19)13-7-5-12(6-8-13)10-20-2/h3-9H,10,17H2,1-2H3. The van der Waals surface area contributed by atoms with Crippen molar-refractivity contribution in [1.29, 1.82) is 0 Å². The SMILES string of the molecule is COCc1ccc(-c2nc3c(C)cccn3c2N)cc1. The normalized spacial score (nSPS) is 11.1. The van der Waals surface area contributed by atoms with Crippen molar-refractivity contribution < 1.29 is 4.74 Å². The van der Waals surface area contributed by atoms with Gasteiger partial charge < -0.3 is 10.5 Å². The summed E-state index contributed by atoms with van der Waals surface area (Å²) >= 11 is 0. The van der Waals surface area contributed by atoms with Crippen LogP contribution in [0.3, 0.4) is 0 Å². The molecule has 0 fully saturated rings. The zero-order chi connectivity index (χ0) is 14.1. The number of pyridine rings is 1. The fourth-order valence-electron chi connectivity index (χ4n) is 2.36. The Bertz CT molecular complexity index is 744. The van der Waals surface area contributed by atoms with Gasteiger partial charge in [0.05, 0.1) is 6.61 Å². The third kappa shape index (κ3) is 2.04. The van der Waals surface area contributed by atoms with Crippen LogP contribution in [0, 0.1) is 6.92 Å². The molecule has 2 N–H and O–H groups in total. The molecule has 0 spiro atoms. The Labute approximate surface area is 117 Å². The molecule has 0 saturated heterocycles. The summed E-state index contributed by atoms with van der Waals surface area (Å²) in [4.78, 5) is 4.66. The van der Waals surface area contributed by atoms with Crippen LogP contribution in [-0.4, -0.2) is 16.5 Å². The number of nitrogen functional groups attached to an aromatic ring is 1. The molecule has 0 atom stereocenters. The van der Waals surface area contributed by atoms with Crippen LogP contribution >= 0.6 is 0 Å². The Morgan fingerprint density at radius 1 is 1.20 bits per heavy atom. The quantitative estimate of drug-likeness (QED) is 0.793. The molecular formula is C16H17N3O. The lowest BCUT2D eigenvalue weighted by molar-refractivity contribution is 0.185. The van der Waals surface area contributed by atoms with Gasteiger partial charge in [0.15, 0.2) is 0 Å². The van der Waals surface area contributed by atoms with E-state index in [0.717, 1.165) is 28.0 Å². The smallest absolute Gasteiger partial charge is 0.142 e. The predicted molar refractivity (Wildman–Crippen MR) is 80.5 cm³/mol. The lowest BCUT2D eigenvalue weighted by atomic mass is 10.1. The number of rotatable bonds is 3. The van der Waals surface area contributed by atoms with E-state index < -0.39 is 0 Å². The number of hydrogen-bond donors (Lipinski definition) is 1. The van der Waals surface area contributed by atoms with Crippen LogP contribution in [0.25, 0.3) is 16.9 Å². The molecule has 2 aromatic heterocycles. The third-order valence-corrected chi connectivity index (χ3v) is 3.42. The van der Waals surface area contributed by atoms with Crippen molar-refractivity contribution in [1.82, 2.24) is 9.38 Å². The molecule has 20 heavy (non-hydrogen) atoms. The summed E-state index contributed by atoms with van der Waals surface area (Å²) in [5.74, 6) is 0.670. The highest BCUT2D eigenvalue weighted by molar-refractivity contribution is 5.75. The average Bonchev–Trinajstić information content (AvgIpc) is 2.79. The number of fused-ring (bicyclic) bond motifs is 1. The highest BCUT2D eigenvalue weighted by Crippen LogP contribution is 2.27. The van der Waals surface area contributed by atoms with Gasteiger partial charge in [-0.2, -0.15) is 0 Å². The topological polar surface area (TPSA) is 52.5 Å². The van der Waals surface area contributed by atoms with E-state index in [9.17, 15) is 0 Å². The Morgan fingerprint density at radius 2 is 1.95 bits per heavy atom. The first-order valence-corrected chi connectivity index (χ1v) is 6.52. The minimum atomic E-state index is 0.611. The molecule has 0 amide bonds. The Morgan fingerprint density at radius 3 is 2.60 bits per heavy atom. The summed E-state index contributed by atoms with van der Waals surface area (Å²) in [7, 11) is 1.69. The van der Waals surface area contributed by atoms with Gasteiger partial charge in [-0.1, -0.05) is 30.3 Å². The van der Waals surface area contributed by atoms with Gasteiger partial charge in [-0.25, -0.2) is 4.98 Å². The Balaban J connectivity index is 2.10. The molecule has 0 aliphatic heterocycles. The van der Waals surface area contributed by atoms with Crippen LogP contribution in [0.5, 0.6) is 0 Å². The lowest BCUT2D eigenvalue weighted by Crippen LogP contribution is -1.94. The van der Waals surface area contributed by atoms with Crippen LogP contribution in [-0.2, 0) is 11.3 Å². The number of aryl methyl sites for hydroxylation is 1. The van der Waals surface area contributed by atoms with Crippen LogP contribution in [0.1, 0.15) is 11.1 Å². The highest BCUT2D eigenvalue weighted by atomic mass is 16.5. The van der Waals surface area contributed by atoms with Crippen LogP contribution in [0.15, 0.2) is 42.6 Å². The minimum Gasteiger partial charge on any atom is -0.383 e. The summed E-state index contributed by atoms with van der Waals surface area (Å²) in [5, 5.41) is 0. The molecule has 0 bridgehead atoms. The molecule has 4 nitrogen and oxygen atoms in total. The van der Waals surface area contributed by atoms with Gasteiger partial charge in [0, 0.05) is 18.9 Å². The number of nitrogens with two attached hydrogens (primary N) is 1. The predicted octanol–water partition coefficient (Wildman–Crippen LogP) is 3.04. The fourth-order valence-corrected chi connectivity index (χ4v) is 2.36. The number of hydrogen-bond acceptors (Lipinski definition) is 3. The Hall–Kier alpha value is -2.33. The third-order valence-electron chi connectivity index (χ3n) is 3.42. The van der Waals surface area contributed by atoms with Crippen LogP contribution in [0.4, 0.5) is 5.82 Å². The molecule has 0 aliphatic carbocycles. The maximum atomic E-state index is 6.21. The minimum absolute atomic E-state index is 0.611. The lowest BCUT2D eigenvalue weighted by Gasteiger charge is -2.02. The zero-order valence-electron chi connectivity index (χ0n) is 11.6. The van der Waals surface area contributed by atoms with E-state index in [2.05, 4.69) is 4.98 Å². The average molecular weight is 267 g/mol. The molecule has 0 unspecified atom stereocenters. The van der Waals surface area contributed by atoms with Gasteiger partial charge in [-0.05, 0) is 24.1 Å². The molecule has 3 rings (SSSR count). The number of ether oxygens (including phenoxy) is 1. The van der Waals surface area contributed by atoms with Crippen molar-refractivity contribution in [3.05, 3.63) is 53.7 Å². The number of aromatic nitrogens is 2. The summed E-state index contributed by atoms with van der Waals surface area (Å²) in [6.45, 7) is 2.65. The van der Waals surface area contributed by atoms with Gasteiger partial charge in [0.1, 0.15) is 17.2 Å². The second-order valence-corrected chi connectivity index (χ2v) is 4.86. The molecule has 2 heterocycles. The first-order valence-electron chi connectivity index (χ1n) is 6.52. The molecule has 102 valence electrons. The molecule has 0 saturated carbocycles. The molecule has 0 radical (unpaired) electrons. The van der Waals surface area contributed by atoms with E-state index in [1.807, 2.05) is 53.9 Å². The van der Waals surface area contributed by atoms with Crippen LogP contribution in [0.2, 0.25) is 0 Å². The summed E-state index contributed by atoms with van der Waals surface area (Å²) in [6, 6.07) is 12.1. The van der Waals surface area contributed by atoms with E-state index in [0.29, 0.717) is 12.4 Å². The maximum absolute atomic E-state index is 6.21. The summed E-state index contributed by atoms with van der Waals surface area (Å²) in [6.07, 6.45) is 1.94. The molecule has 4 heteroatoms. The summed E-state index contributed by atoms with van der Waals surface area (Å²) < 4.78 is 7.04. The maximum Gasteiger partial charge on any atom is 0.142 e. The molecule has 3 aromatic rings. The van der Waals surface area contributed by atoms with Gasteiger partial charge >= 0.3 is 0 Å². The van der Waals surface area contributed by atoms with Gasteiger partial charge in [-0.15, -0.1) is 0 Å². The van der Waals surface area contributed by atoms with Gasteiger partial charge in [0.25, 0.3) is 0 Å². The number of anilines is 1. The number of benzene rings is 1. The molecule has 1 aromatic carbocycles. The molecular weight excluding hydrogens is 250 g/mol. The number of methoxy groups -OCH3 is 1. The number of nitrogens with zero attached hydrogens (tertiary/aromatic N) is 2. The second-order valence-electron chi connectivity index (χ2n) is 4.86. The van der Waals surface area contributed by atoms with E-state index in [4.69, 9.17) is 10.5 Å². The van der Waals surface area contributed by atoms with E-state index in [1.165, 1.54) is 0 Å². The molecule has 0 aliphatic rings. The zero-order valence-corrected chi connectivity index (χ0v) is 11.6. The van der Waals surface area contributed by atoms with E-state index in [-0.39, 0.29) is 0 Å². The first-order chi connectivity index (χ1) is 9.70. The van der Waals surface area contributed by atoms with E-state index in [1.54, 1.807) is 7.11 Å². The largest absolute Gasteiger partial charge is 0.383 e. The Kier molecular flexibility index (Phi) is 3.16. The van der Waals surface area contributed by atoms with Crippen molar-refractivity contribution in [3.8, 4) is 11.3 Å². The number of imidazole rings is 1. The van der Waals surface area contributed by atoms with Crippen molar-refractivity contribution in [2.24, 2.45) is 0 Å². The fraction of sp³-hybridized carbons (Fsp3) is 0.188. The van der Waals surface area contributed by atoms with Crippen molar-refractivity contribution in [3.63, 3.8) is 0 Å². The van der Waals surface area contributed by atoms with E-state index >= 15 is 0 Å². The van der Waals surface area contributed by atoms with Crippen molar-refractivity contribution in [2.75, 3.05) is 12.8 Å². The van der Waals surface area contributed by atoms with Gasteiger partial charge in [-0.3, -0.25) is 4.40 Å². The summed E-state index contributed by atoms with van der Waals surface area (Å²) in [5.41, 5.74) is 11.2. The first kappa shape index (κ1) is 12.7. The monoisotopic (exact) mass is 267 g/mol. The van der Waals surface area contributed by atoms with Crippen LogP contribution < -0.4 is 5.73 Å². The van der Waals surface area contributed by atoms with Crippen molar-refractivity contribution in [2.45, 2.75) is 13.5 Å². The van der Waals surface area contributed by atoms with Crippen molar-refractivity contribution >= 4 is 11.5 Å². The second kappa shape index (κ2) is 4.98. The van der Waals surface area contributed by atoms with Gasteiger partial charge in [0.2, 0.25) is 0 Å². The highest BCUT2D eigenvalue weighted by Gasteiger charge is 2.12.